The molecule has 2 heteroatoms. The van der Waals surface area contributed by atoms with Crippen molar-refractivity contribution < 1.29 is 5.11 Å². The molecule has 2 aromatic carbocycles. The first-order valence-electron chi connectivity index (χ1n) is 4.75. The molecule has 0 atom stereocenters. The Labute approximate surface area is 84.0 Å². The number of nitrogen functional groups attached to an aromatic ring is 1. The molecule has 0 radical (unpaired) electrons. The van der Waals surface area contributed by atoms with Gasteiger partial charge in [-0.05, 0) is 12.1 Å². The zero-order valence-corrected chi connectivity index (χ0v) is 8.49. The van der Waals surface area contributed by atoms with Crippen LogP contribution in [0.4, 0.5) is 5.69 Å². The van der Waals surface area contributed by atoms with Crippen molar-refractivity contribution in [3.05, 3.63) is 36.4 Å². The van der Waals surface area contributed by atoms with Crippen LogP contribution in [0.1, 0.15) is 13.8 Å². The van der Waals surface area contributed by atoms with E-state index in [1.54, 1.807) is 12.1 Å². The zero-order chi connectivity index (χ0) is 10.6. The SMILES string of the molecule is CC.Nc1cccc2c(O)cccc12. The van der Waals surface area contributed by atoms with Crippen LogP contribution in [0.2, 0.25) is 0 Å². The van der Waals surface area contributed by atoms with Crippen LogP contribution in [0.3, 0.4) is 0 Å². The molecule has 0 saturated carbocycles. The Morgan fingerprint density at radius 3 is 2.14 bits per heavy atom. The molecule has 0 saturated heterocycles. The van der Waals surface area contributed by atoms with Crippen molar-refractivity contribution in [3.63, 3.8) is 0 Å². The van der Waals surface area contributed by atoms with Gasteiger partial charge < -0.3 is 10.8 Å². The average molecular weight is 189 g/mol. The quantitative estimate of drug-likeness (QED) is 0.625. The minimum absolute atomic E-state index is 0.278. The Morgan fingerprint density at radius 2 is 1.50 bits per heavy atom. The minimum Gasteiger partial charge on any atom is -0.507 e. The number of anilines is 1. The van der Waals surface area contributed by atoms with Crippen LogP contribution >= 0.6 is 0 Å². The summed E-state index contributed by atoms with van der Waals surface area (Å²) in [6.45, 7) is 4.00. The van der Waals surface area contributed by atoms with Gasteiger partial charge in [-0.1, -0.05) is 38.1 Å². The van der Waals surface area contributed by atoms with Crippen molar-refractivity contribution in [2.24, 2.45) is 0 Å². The second-order valence-electron chi connectivity index (χ2n) is 2.72. The molecule has 0 aliphatic carbocycles. The van der Waals surface area contributed by atoms with E-state index < -0.39 is 0 Å². The standard InChI is InChI=1S/C10H9NO.C2H6/c11-9-5-1-4-8-7(9)3-2-6-10(8)12;1-2/h1-6,12H,11H2;1-2H3. The first-order chi connectivity index (χ1) is 6.79. The first-order valence-corrected chi connectivity index (χ1v) is 4.75. The number of fused-ring (bicyclic) bond motifs is 1. The van der Waals surface area contributed by atoms with Crippen molar-refractivity contribution in [3.8, 4) is 5.75 Å². The van der Waals surface area contributed by atoms with Crippen molar-refractivity contribution in [1.82, 2.24) is 0 Å². The average Bonchev–Trinajstić information content (AvgIpc) is 2.23. The lowest BCUT2D eigenvalue weighted by Gasteiger charge is -2.02. The third kappa shape index (κ3) is 1.79. The van der Waals surface area contributed by atoms with E-state index in [9.17, 15) is 5.11 Å². The molecule has 2 nitrogen and oxygen atoms in total. The molecule has 14 heavy (non-hydrogen) atoms. The molecule has 0 bridgehead atoms. The third-order valence-corrected chi connectivity index (χ3v) is 1.93. The second-order valence-corrected chi connectivity index (χ2v) is 2.72. The Morgan fingerprint density at radius 1 is 0.929 bits per heavy atom. The molecule has 74 valence electrons. The van der Waals surface area contributed by atoms with Gasteiger partial charge in [-0.2, -0.15) is 0 Å². The molecule has 2 rings (SSSR count). The largest absolute Gasteiger partial charge is 0.507 e. The highest BCUT2D eigenvalue weighted by Gasteiger charge is 1.99. The van der Waals surface area contributed by atoms with Gasteiger partial charge in [-0.15, -0.1) is 0 Å². The number of nitrogens with two attached hydrogens (primary N) is 1. The maximum absolute atomic E-state index is 9.44. The number of benzene rings is 2. The molecule has 0 aromatic heterocycles. The Hall–Kier alpha value is -1.70. The van der Waals surface area contributed by atoms with Crippen LogP contribution in [0.5, 0.6) is 5.75 Å². The smallest absolute Gasteiger partial charge is 0.123 e. The number of hydrogen-bond acceptors (Lipinski definition) is 2. The molecule has 3 N–H and O–H groups in total. The summed E-state index contributed by atoms with van der Waals surface area (Å²) in [5.74, 6) is 0.278. The first kappa shape index (κ1) is 10.4. The van der Waals surface area contributed by atoms with E-state index in [1.807, 2.05) is 38.1 Å². The lowest BCUT2D eigenvalue weighted by atomic mass is 10.1. The predicted molar refractivity (Wildman–Crippen MR) is 61.4 cm³/mol. The number of aromatic hydroxyl groups is 1. The highest BCUT2D eigenvalue weighted by molar-refractivity contribution is 5.96. The lowest BCUT2D eigenvalue weighted by Crippen LogP contribution is -1.85. The van der Waals surface area contributed by atoms with Gasteiger partial charge in [0.25, 0.3) is 0 Å². The summed E-state index contributed by atoms with van der Waals surface area (Å²) in [5, 5.41) is 11.1. The van der Waals surface area contributed by atoms with Crippen molar-refractivity contribution in [1.29, 1.82) is 0 Å². The van der Waals surface area contributed by atoms with Crippen molar-refractivity contribution >= 4 is 16.5 Å². The second kappa shape index (κ2) is 4.51. The summed E-state index contributed by atoms with van der Waals surface area (Å²) in [7, 11) is 0. The van der Waals surface area contributed by atoms with Crippen molar-refractivity contribution in [2.75, 3.05) is 5.73 Å². The van der Waals surface area contributed by atoms with Gasteiger partial charge in [0, 0.05) is 16.5 Å². The fraction of sp³-hybridized carbons (Fsp3) is 0.167. The van der Waals surface area contributed by atoms with Crippen molar-refractivity contribution in [2.45, 2.75) is 13.8 Å². The highest BCUT2D eigenvalue weighted by atomic mass is 16.3. The van der Waals surface area contributed by atoms with E-state index >= 15 is 0 Å². The lowest BCUT2D eigenvalue weighted by molar-refractivity contribution is 0.481. The fourth-order valence-electron chi connectivity index (χ4n) is 1.32. The van der Waals surface area contributed by atoms with Crippen LogP contribution in [0, 0.1) is 0 Å². The van der Waals surface area contributed by atoms with Crippen LogP contribution in [-0.4, -0.2) is 5.11 Å². The summed E-state index contributed by atoms with van der Waals surface area (Å²) < 4.78 is 0. The van der Waals surface area contributed by atoms with Gasteiger partial charge in [0.15, 0.2) is 0 Å². The Kier molecular flexibility index (Phi) is 3.35. The maximum Gasteiger partial charge on any atom is 0.123 e. The minimum atomic E-state index is 0.278. The molecule has 0 unspecified atom stereocenters. The van der Waals surface area contributed by atoms with Gasteiger partial charge >= 0.3 is 0 Å². The molecule has 0 fully saturated rings. The van der Waals surface area contributed by atoms with Gasteiger partial charge in [0.05, 0.1) is 0 Å². The normalized spacial score (nSPS) is 9.29. The van der Waals surface area contributed by atoms with E-state index in [4.69, 9.17) is 5.73 Å². The highest BCUT2D eigenvalue weighted by Crippen LogP contribution is 2.27. The Bertz CT molecular complexity index is 382. The topological polar surface area (TPSA) is 46.2 Å². The maximum atomic E-state index is 9.44. The monoisotopic (exact) mass is 189 g/mol. The van der Waals surface area contributed by atoms with E-state index in [1.165, 1.54) is 0 Å². The van der Waals surface area contributed by atoms with Crippen LogP contribution < -0.4 is 5.73 Å². The van der Waals surface area contributed by atoms with E-state index in [0.29, 0.717) is 5.69 Å². The van der Waals surface area contributed by atoms with Gasteiger partial charge in [-0.25, -0.2) is 0 Å². The van der Waals surface area contributed by atoms with Crippen LogP contribution in [0.25, 0.3) is 10.8 Å². The molecule has 0 spiro atoms. The summed E-state index contributed by atoms with van der Waals surface area (Å²) in [5.41, 5.74) is 6.41. The molecule has 0 aliphatic heterocycles. The summed E-state index contributed by atoms with van der Waals surface area (Å²) in [6, 6.07) is 10.8. The molecule has 0 amide bonds. The molecule has 0 aliphatic rings. The molecule has 2 aromatic rings. The van der Waals surface area contributed by atoms with E-state index in [-0.39, 0.29) is 5.75 Å². The predicted octanol–water partition coefficient (Wildman–Crippen LogP) is 3.15. The number of phenolic OH excluding ortho intramolecular Hbond substituents is 1. The zero-order valence-electron chi connectivity index (χ0n) is 8.49. The molecular weight excluding hydrogens is 174 g/mol. The van der Waals surface area contributed by atoms with Gasteiger partial charge in [-0.3, -0.25) is 0 Å². The van der Waals surface area contributed by atoms with Gasteiger partial charge in [0.1, 0.15) is 5.75 Å². The molecule has 0 heterocycles. The van der Waals surface area contributed by atoms with Gasteiger partial charge in [0.2, 0.25) is 0 Å². The van der Waals surface area contributed by atoms with E-state index in [0.717, 1.165) is 10.8 Å². The molecular formula is C12H15NO. The fourth-order valence-corrected chi connectivity index (χ4v) is 1.32. The van der Waals surface area contributed by atoms with E-state index in [2.05, 4.69) is 0 Å². The Balaban J connectivity index is 0.000000461. The summed E-state index contributed by atoms with van der Waals surface area (Å²) >= 11 is 0. The summed E-state index contributed by atoms with van der Waals surface area (Å²) in [6.07, 6.45) is 0. The third-order valence-electron chi connectivity index (χ3n) is 1.93. The number of hydrogen-bond donors (Lipinski definition) is 2. The summed E-state index contributed by atoms with van der Waals surface area (Å²) in [4.78, 5) is 0. The van der Waals surface area contributed by atoms with Crippen LogP contribution in [-0.2, 0) is 0 Å². The number of rotatable bonds is 0. The number of phenols is 1. The van der Waals surface area contributed by atoms with Crippen LogP contribution in [0.15, 0.2) is 36.4 Å².